The van der Waals surface area contributed by atoms with Gasteiger partial charge in [0.25, 0.3) is 0 Å². The zero-order valence-corrected chi connectivity index (χ0v) is 15.5. The smallest absolute Gasteiger partial charge is 0.243 e. The van der Waals surface area contributed by atoms with Crippen LogP contribution in [0.15, 0.2) is 30.3 Å². The molecule has 2 aromatic rings. The maximum Gasteiger partial charge on any atom is 0.243 e. The SMILES string of the molecule is CC(C)(c1ccccc1)c1nnc(NC(=O)C2CCCCN2)s1.Cl. The van der Waals surface area contributed by atoms with Gasteiger partial charge in [0.1, 0.15) is 5.01 Å². The minimum absolute atomic E-state index is 0. The van der Waals surface area contributed by atoms with Gasteiger partial charge in [-0.1, -0.05) is 48.1 Å². The average molecular weight is 367 g/mol. The predicted molar refractivity (Wildman–Crippen MR) is 100.0 cm³/mol. The van der Waals surface area contributed by atoms with Gasteiger partial charge in [0.15, 0.2) is 0 Å². The molecule has 3 rings (SSSR count). The van der Waals surface area contributed by atoms with Crippen molar-refractivity contribution in [2.24, 2.45) is 0 Å². The molecule has 1 saturated heterocycles. The number of nitrogens with zero attached hydrogens (tertiary/aromatic N) is 2. The number of piperidine rings is 1. The van der Waals surface area contributed by atoms with E-state index in [2.05, 4.69) is 46.8 Å². The van der Waals surface area contributed by atoms with Gasteiger partial charge in [0.2, 0.25) is 11.0 Å². The molecule has 1 aromatic heterocycles. The van der Waals surface area contributed by atoms with Crippen molar-refractivity contribution in [3.63, 3.8) is 0 Å². The van der Waals surface area contributed by atoms with Crippen molar-refractivity contribution >= 4 is 34.8 Å². The van der Waals surface area contributed by atoms with Crippen LogP contribution in [0.2, 0.25) is 0 Å². The summed E-state index contributed by atoms with van der Waals surface area (Å²) in [5.41, 5.74) is 0.952. The maximum atomic E-state index is 12.3. The lowest BCUT2D eigenvalue weighted by Crippen LogP contribution is -2.43. The number of carbonyl (C=O) groups is 1. The second kappa shape index (κ2) is 8.05. The van der Waals surface area contributed by atoms with Gasteiger partial charge in [0, 0.05) is 5.41 Å². The molecule has 0 aliphatic carbocycles. The Morgan fingerprint density at radius 3 is 2.67 bits per heavy atom. The minimum Gasteiger partial charge on any atom is -0.306 e. The molecule has 1 aliphatic heterocycles. The minimum atomic E-state index is -0.231. The standard InChI is InChI=1S/C17H22N4OS.ClH/c1-17(2,12-8-4-3-5-9-12)15-20-21-16(23-15)19-14(22)13-10-6-7-11-18-13;/h3-5,8-9,13,18H,6-7,10-11H2,1-2H3,(H,19,21,22);1H. The van der Waals surface area contributed by atoms with Gasteiger partial charge < -0.3 is 5.32 Å². The van der Waals surface area contributed by atoms with Gasteiger partial charge in [0.05, 0.1) is 6.04 Å². The normalized spacial score (nSPS) is 17.8. The summed E-state index contributed by atoms with van der Waals surface area (Å²) in [6.07, 6.45) is 3.11. The molecule has 1 unspecified atom stereocenters. The topological polar surface area (TPSA) is 66.9 Å². The summed E-state index contributed by atoms with van der Waals surface area (Å²) in [5, 5.41) is 16.1. The molecule has 5 nitrogen and oxygen atoms in total. The number of nitrogens with one attached hydrogen (secondary N) is 2. The molecule has 7 heteroatoms. The molecule has 2 N–H and O–H groups in total. The summed E-state index contributed by atoms with van der Waals surface area (Å²) >= 11 is 1.45. The number of benzene rings is 1. The van der Waals surface area contributed by atoms with E-state index in [-0.39, 0.29) is 29.8 Å². The molecule has 130 valence electrons. The molecular formula is C17H23ClN4OS. The number of hydrogen-bond donors (Lipinski definition) is 2. The van der Waals surface area contributed by atoms with E-state index in [9.17, 15) is 4.79 Å². The van der Waals surface area contributed by atoms with Crippen LogP contribution in [-0.2, 0) is 10.2 Å². The van der Waals surface area contributed by atoms with Gasteiger partial charge in [-0.15, -0.1) is 22.6 Å². The molecule has 24 heavy (non-hydrogen) atoms. The molecule has 0 bridgehead atoms. The molecule has 1 amide bonds. The lowest BCUT2D eigenvalue weighted by atomic mass is 9.85. The highest BCUT2D eigenvalue weighted by atomic mass is 35.5. The van der Waals surface area contributed by atoms with Crippen LogP contribution >= 0.6 is 23.7 Å². The van der Waals surface area contributed by atoms with E-state index in [4.69, 9.17) is 0 Å². The van der Waals surface area contributed by atoms with Crippen LogP contribution in [0.1, 0.15) is 43.7 Å². The highest BCUT2D eigenvalue weighted by Gasteiger charge is 2.28. The van der Waals surface area contributed by atoms with Crippen molar-refractivity contribution in [1.82, 2.24) is 15.5 Å². The number of anilines is 1. The summed E-state index contributed by atoms with van der Waals surface area (Å²) < 4.78 is 0. The highest BCUT2D eigenvalue weighted by molar-refractivity contribution is 7.15. The van der Waals surface area contributed by atoms with Crippen molar-refractivity contribution in [3.8, 4) is 0 Å². The van der Waals surface area contributed by atoms with E-state index in [0.29, 0.717) is 5.13 Å². The molecular weight excluding hydrogens is 344 g/mol. The summed E-state index contributed by atoms with van der Waals surface area (Å²) in [6, 6.07) is 10.1. The number of halogens is 1. The second-order valence-electron chi connectivity index (χ2n) is 6.40. The lowest BCUT2D eigenvalue weighted by Gasteiger charge is -2.22. The van der Waals surface area contributed by atoms with Crippen LogP contribution in [0.4, 0.5) is 5.13 Å². The van der Waals surface area contributed by atoms with E-state index in [1.165, 1.54) is 16.9 Å². The molecule has 2 heterocycles. The molecule has 0 spiro atoms. The number of hydrogen-bond acceptors (Lipinski definition) is 5. The summed E-state index contributed by atoms with van der Waals surface area (Å²) in [5.74, 6) is -0.00934. The Kier molecular flexibility index (Phi) is 6.32. The van der Waals surface area contributed by atoms with Crippen LogP contribution in [-0.4, -0.2) is 28.7 Å². The Morgan fingerprint density at radius 2 is 2.00 bits per heavy atom. The summed E-state index contributed by atoms with van der Waals surface area (Å²) in [7, 11) is 0. The number of carbonyl (C=O) groups excluding carboxylic acids is 1. The summed E-state index contributed by atoms with van der Waals surface area (Å²) in [4.78, 5) is 12.3. The molecule has 1 aliphatic rings. The van der Waals surface area contributed by atoms with Crippen LogP contribution < -0.4 is 10.6 Å². The van der Waals surface area contributed by atoms with E-state index >= 15 is 0 Å². The largest absolute Gasteiger partial charge is 0.306 e. The Balaban J connectivity index is 0.00000208. The van der Waals surface area contributed by atoms with E-state index in [1.807, 2.05) is 18.2 Å². The van der Waals surface area contributed by atoms with Gasteiger partial charge in [-0.2, -0.15) is 0 Å². The Bertz CT molecular complexity index is 668. The third kappa shape index (κ3) is 4.12. The predicted octanol–water partition coefficient (Wildman–Crippen LogP) is 3.37. The maximum absolute atomic E-state index is 12.3. The quantitative estimate of drug-likeness (QED) is 0.870. The first kappa shape index (κ1) is 18.8. The van der Waals surface area contributed by atoms with Crippen LogP contribution in [0.5, 0.6) is 0 Å². The van der Waals surface area contributed by atoms with E-state index in [0.717, 1.165) is 30.8 Å². The zero-order valence-electron chi connectivity index (χ0n) is 13.9. The van der Waals surface area contributed by atoms with Crippen molar-refractivity contribution in [2.45, 2.75) is 44.6 Å². The molecule has 1 fully saturated rings. The summed E-state index contributed by atoms with van der Waals surface area (Å²) in [6.45, 7) is 5.15. The molecule has 0 saturated carbocycles. The fraction of sp³-hybridized carbons (Fsp3) is 0.471. The second-order valence-corrected chi connectivity index (χ2v) is 7.37. The van der Waals surface area contributed by atoms with Gasteiger partial charge in [-0.05, 0) is 38.8 Å². The Hall–Kier alpha value is -1.50. The highest BCUT2D eigenvalue weighted by Crippen LogP contribution is 2.34. The third-order valence-corrected chi connectivity index (χ3v) is 5.47. The van der Waals surface area contributed by atoms with Crippen LogP contribution in [0.25, 0.3) is 0 Å². The number of amides is 1. The molecule has 1 aromatic carbocycles. The monoisotopic (exact) mass is 366 g/mol. The van der Waals surface area contributed by atoms with E-state index < -0.39 is 0 Å². The first-order valence-corrected chi connectivity index (χ1v) is 8.83. The lowest BCUT2D eigenvalue weighted by molar-refractivity contribution is -0.118. The fourth-order valence-corrected chi connectivity index (χ4v) is 3.64. The molecule has 0 radical (unpaired) electrons. The van der Waals surface area contributed by atoms with Crippen LogP contribution in [0, 0.1) is 0 Å². The van der Waals surface area contributed by atoms with Crippen LogP contribution in [0.3, 0.4) is 0 Å². The van der Waals surface area contributed by atoms with Crippen molar-refractivity contribution in [2.75, 3.05) is 11.9 Å². The number of aromatic nitrogens is 2. The zero-order chi connectivity index (χ0) is 16.3. The van der Waals surface area contributed by atoms with Gasteiger partial charge in [-0.3, -0.25) is 10.1 Å². The average Bonchev–Trinajstić information content (AvgIpc) is 3.06. The Labute approximate surface area is 152 Å². The van der Waals surface area contributed by atoms with Gasteiger partial charge >= 0.3 is 0 Å². The van der Waals surface area contributed by atoms with Crippen molar-refractivity contribution in [3.05, 3.63) is 40.9 Å². The Morgan fingerprint density at radius 1 is 1.25 bits per heavy atom. The van der Waals surface area contributed by atoms with Gasteiger partial charge in [-0.25, -0.2) is 0 Å². The molecule has 1 atom stereocenters. The number of rotatable bonds is 4. The first-order chi connectivity index (χ1) is 11.1. The fourth-order valence-electron chi connectivity index (χ4n) is 2.77. The third-order valence-electron chi connectivity index (χ3n) is 4.31. The van der Waals surface area contributed by atoms with Crippen molar-refractivity contribution < 1.29 is 4.79 Å². The van der Waals surface area contributed by atoms with Crippen molar-refractivity contribution in [1.29, 1.82) is 0 Å². The van der Waals surface area contributed by atoms with E-state index in [1.54, 1.807) is 0 Å². The first-order valence-electron chi connectivity index (χ1n) is 8.01.